The van der Waals surface area contributed by atoms with E-state index < -0.39 is 0 Å². The molecule has 3 rings (SSSR count). The lowest BCUT2D eigenvalue weighted by Crippen LogP contribution is -2.13. The third-order valence-electron chi connectivity index (χ3n) is 5.10. The third-order valence-corrected chi connectivity index (χ3v) is 5.10. The largest absolute Gasteiger partial charge is 0.493 e. The van der Waals surface area contributed by atoms with Crippen LogP contribution in [0.15, 0.2) is 42.5 Å². The van der Waals surface area contributed by atoms with Crippen LogP contribution in [0, 0.1) is 0 Å². The van der Waals surface area contributed by atoms with Gasteiger partial charge in [-0.3, -0.25) is 9.89 Å². The number of aryl methyl sites for hydroxylation is 1. The van der Waals surface area contributed by atoms with Gasteiger partial charge in [-0.05, 0) is 35.6 Å². The van der Waals surface area contributed by atoms with Gasteiger partial charge in [0.15, 0.2) is 11.5 Å². The molecule has 6 nitrogen and oxygen atoms in total. The van der Waals surface area contributed by atoms with Crippen molar-refractivity contribution in [2.75, 3.05) is 19.5 Å². The minimum absolute atomic E-state index is 0.0726. The van der Waals surface area contributed by atoms with Crippen LogP contribution in [0.25, 0.3) is 11.3 Å². The number of anilines is 1. The van der Waals surface area contributed by atoms with Crippen molar-refractivity contribution in [3.05, 3.63) is 59.3 Å². The fraction of sp³-hybridized carbons (Fsp3) is 0.333. The number of methoxy groups -OCH3 is 2. The van der Waals surface area contributed by atoms with Gasteiger partial charge >= 0.3 is 0 Å². The highest BCUT2D eigenvalue weighted by molar-refractivity contribution is 6.06. The molecule has 0 radical (unpaired) electrons. The molecule has 0 saturated carbocycles. The predicted molar refractivity (Wildman–Crippen MR) is 120 cm³/mol. The van der Waals surface area contributed by atoms with Crippen LogP contribution in [0.1, 0.15) is 49.3 Å². The average molecular weight is 408 g/mol. The predicted octanol–water partition coefficient (Wildman–Crippen LogP) is 5.21. The molecular weight excluding hydrogens is 378 g/mol. The number of aromatic amines is 1. The Kier molecular flexibility index (Phi) is 6.15. The molecule has 1 aromatic heterocycles. The van der Waals surface area contributed by atoms with Crippen LogP contribution in [0.2, 0.25) is 0 Å². The Balaban J connectivity index is 1.93. The van der Waals surface area contributed by atoms with Crippen LogP contribution in [0.5, 0.6) is 11.5 Å². The van der Waals surface area contributed by atoms with Crippen LogP contribution in [-0.2, 0) is 11.8 Å². The van der Waals surface area contributed by atoms with Gasteiger partial charge in [-0.2, -0.15) is 5.10 Å². The lowest BCUT2D eigenvalue weighted by molar-refractivity contribution is 0.102. The van der Waals surface area contributed by atoms with Gasteiger partial charge in [-0.15, -0.1) is 0 Å². The second-order valence-corrected chi connectivity index (χ2v) is 8.13. The topological polar surface area (TPSA) is 76.2 Å². The second kappa shape index (κ2) is 8.61. The Labute approximate surface area is 177 Å². The van der Waals surface area contributed by atoms with Crippen molar-refractivity contribution in [2.24, 2.45) is 0 Å². The highest BCUT2D eigenvalue weighted by Gasteiger charge is 2.19. The first-order valence-corrected chi connectivity index (χ1v) is 10.00. The van der Waals surface area contributed by atoms with Crippen molar-refractivity contribution in [3.8, 4) is 22.8 Å². The normalized spacial score (nSPS) is 11.3. The first-order chi connectivity index (χ1) is 14.3. The van der Waals surface area contributed by atoms with Gasteiger partial charge in [0.05, 0.1) is 25.6 Å². The molecule has 0 aliphatic carbocycles. The SMILES string of the molecule is CCc1[nH]nc(-c2ccc(C(C)(C)C)cc2)c1NC(=O)c1ccc(OC)c(OC)c1. The number of hydrogen-bond acceptors (Lipinski definition) is 4. The number of H-pyrrole nitrogens is 1. The molecule has 0 bridgehead atoms. The molecule has 0 aliphatic heterocycles. The molecule has 0 fully saturated rings. The molecule has 30 heavy (non-hydrogen) atoms. The molecule has 0 atom stereocenters. The summed E-state index contributed by atoms with van der Waals surface area (Å²) in [5.41, 5.74) is 5.03. The number of nitrogens with one attached hydrogen (secondary N) is 2. The van der Waals surface area contributed by atoms with Crippen LogP contribution in [-0.4, -0.2) is 30.3 Å². The fourth-order valence-corrected chi connectivity index (χ4v) is 3.27. The summed E-state index contributed by atoms with van der Waals surface area (Å²) in [5, 5.41) is 10.6. The molecule has 3 aromatic rings. The van der Waals surface area contributed by atoms with Crippen LogP contribution in [0.3, 0.4) is 0 Å². The van der Waals surface area contributed by atoms with Gasteiger partial charge in [0.25, 0.3) is 5.91 Å². The Hall–Kier alpha value is -3.28. The van der Waals surface area contributed by atoms with Crippen molar-refractivity contribution in [1.82, 2.24) is 10.2 Å². The molecular formula is C24H29N3O3. The quantitative estimate of drug-likeness (QED) is 0.588. The molecule has 0 aliphatic rings. The molecule has 6 heteroatoms. The van der Waals surface area contributed by atoms with E-state index in [1.807, 2.05) is 19.1 Å². The number of rotatable bonds is 6. The average Bonchev–Trinajstić information content (AvgIpc) is 3.15. The van der Waals surface area contributed by atoms with E-state index in [1.165, 1.54) is 5.56 Å². The number of nitrogens with zero attached hydrogens (tertiary/aromatic N) is 1. The fourth-order valence-electron chi connectivity index (χ4n) is 3.27. The molecule has 1 heterocycles. The molecule has 2 aromatic carbocycles. The minimum Gasteiger partial charge on any atom is -0.493 e. The summed E-state index contributed by atoms with van der Waals surface area (Å²) in [6.07, 6.45) is 0.717. The number of benzene rings is 2. The number of carbonyl (C=O) groups excluding carboxylic acids is 1. The van der Waals surface area contributed by atoms with E-state index in [9.17, 15) is 4.79 Å². The maximum atomic E-state index is 13.0. The zero-order valence-electron chi connectivity index (χ0n) is 18.4. The van der Waals surface area contributed by atoms with E-state index in [-0.39, 0.29) is 11.3 Å². The van der Waals surface area contributed by atoms with Crippen LogP contribution >= 0.6 is 0 Å². The number of hydrogen-bond donors (Lipinski definition) is 2. The zero-order chi connectivity index (χ0) is 21.9. The van der Waals surface area contributed by atoms with Crippen molar-refractivity contribution in [1.29, 1.82) is 0 Å². The molecule has 158 valence electrons. The van der Waals surface area contributed by atoms with Gasteiger partial charge in [0, 0.05) is 11.1 Å². The standard InChI is InChI=1S/C24H29N3O3/c1-7-18-22(25-23(28)16-10-13-19(29-5)20(14-16)30-6)21(27-26-18)15-8-11-17(12-9-15)24(2,3)4/h8-14H,7H2,1-6H3,(H,25,28)(H,26,27). The maximum Gasteiger partial charge on any atom is 0.255 e. The Morgan fingerprint density at radius 2 is 1.70 bits per heavy atom. The number of amides is 1. The third kappa shape index (κ3) is 4.32. The minimum atomic E-state index is -0.236. The molecule has 0 saturated heterocycles. The molecule has 1 amide bonds. The van der Waals surface area contributed by atoms with Crippen molar-refractivity contribution in [3.63, 3.8) is 0 Å². The Morgan fingerprint density at radius 3 is 2.27 bits per heavy atom. The molecule has 2 N–H and O–H groups in total. The Bertz CT molecular complexity index is 1030. The van der Waals surface area contributed by atoms with Gasteiger partial charge in [0.1, 0.15) is 5.69 Å². The van der Waals surface area contributed by atoms with E-state index in [2.05, 4.69) is 48.4 Å². The number of carbonyl (C=O) groups is 1. The van der Waals surface area contributed by atoms with Gasteiger partial charge < -0.3 is 14.8 Å². The summed E-state index contributed by atoms with van der Waals surface area (Å²) in [6.45, 7) is 8.56. The zero-order valence-corrected chi connectivity index (χ0v) is 18.4. The highest BCUT2D eigenvalue weighted by atomic mass is 16.5. The smallest absolute Gasteiger partial charge is 0.255 e. The van der Waals surface area contributed by atoms with E-state index in [0.717, 1.165) is 17.0 Å². The lowest BCUT2D eigenvalue weighted by Gasteiger charge is -2.19. The van der Waals surface area contributed by atoms with E-state index >= 15 is 0 Å². The van der Waals surface area contributed by atoms with Gasteiger partial charge in [-0.25, -0.2) is 0 Å². The van der Waals surface area contributed by atoms with Crippen molar-refractivity contribution >= 4 is 11.6 Å². The number of ether oxygens (including phenoxy) is 2. The summed E-state index contributed by atoms with van der Waals surface area (Å²) < 4.78 is 10.6. The van der Waals surface area contributed by atoms with Crippen LogP contribution in [0.4, 0.5) is 5.69 Å². The van der Waals surface area contributed by atoms with Gasteiger partial charge in [-0.1, -0.05) is 52.0 Å². The maximum absolute atomic E-state index is 13.0. The van der Waals surface area contributed by atoms with Crippen molar-refractivity contribution < 1.29 is 14.3 Å². The first kappa shape index (κ1) is 21.4. The summed E-state index contributed by atoms with van der Waals surface area (Å²) in [7, 11) is 3.11. The van der Waals surface area contributed by atoms with E-state index in [4.69, 9.17) is 9.47 Å². The highest BCUT2D eigenvalue weighted by Crippen LogP contribution is 2.33. The lowest BCUT2D eigenvalue weighted by atomic mass is 9.86. The second-order valence-electron chi connectivity index (χ2n) is 8.13. The summed E-state index contributed by atoms with van der Waals surface area (Å²) in [6, 6.07) is 13.4. The Morgan fingerprint density at radius 1 is 1.03 bits per heavy atom. The summed E-state index contributed by atoms with van der Waals surface area (Å²) in [5.74, 6) is 0.844. The molecule has 0 unspecified atom stereocenters. The van der Waals surface area contributed by atoms with Gasteiger partial charge in [0.2, 0.25) is 0 Å². The number of aromatic nitrogens is 2. The van der Waals surface area contributed by atoms with Crippen molar-refractivity contribution in [2.45, 2.75) is 39.5 Å². The first-order valence-electron chi connectivity index (χ1n) is 10.00. The summed E-state index contributed by atoms with van der Waals surface area (Å²) >= 11 is 0. The van der Waals surface area contributed by atoms with E-state index in [1.54, 1.807) is 32.4 Å². The molecule has 0 spiro atoms. The summed E-state index contributed by atoms with van der Waals surface area (Å²) in [4.78, 5) is 13.0. The van der Waals surface area contributed by atoms with E-state index in [0.29, 0.717) is 29.2 Å². The van der Waals surface area contributed by atoms with Crippen LogP contribution < -0.4 is 14.8 Å². The monoisotopic (exact) mass is 407 g/mol.